The smallest absolute Gasteiger partial charge is 0.326 e. The number of hydrogen-bond donors (Lipinski definition) is 3. The van der Waals surface area contributed by atoms with Crippen molar-refractivity contribution < 1.29 is 14.7 Å². The second-order valence-electron chi connectivity index (χ2n) is 4.80. The van der Waals surface area contributed by atoms with Crippen molar-refractivity contribution in [1.82, 2.24) is 20.4 Å². The van der Waals surface area contributed by atoms with Gasteiger partial charge in [0.1, 0.15) is 6.04 Å². The molecule has 0 saturated carbocycles. The zero-order valence-electron chi connectivity index (χ0n) is 12.8. The average molecular weight is 296 g/mol. The van der Waals surface area contributed by atoms with Crippen LogP contribution in [0.25, 0.3) is 0 Å². The van der Waals surface area contributed by atoms with Crippen LogP contribution in [0, 0.1) is 0 Å². The Morgan fingerprint density at radius 1 is 1.38 bits per heavy atom. The molecule has 0 spiro atoms. The van der Waals surface area contributed by atoms with E-state index in [1.54, 1.807) is 0 Å². The number of hydrogen-bond acceptors (Lipinski definition) is 3. The highest BCUT2D eigenvalue weighted by atomic mass is 16.4. The molecule has 3 N–H and O–H groups in total. The van der Waals surface area contributed by atoms with Gasteiger partial charge in [0.2, 0.25) is 0 Å². The Morgan fingerprint density at radius 3 is 2.62 bits per heavy atom. The van der Waals surface area contributed by atoms with Crippen molar-refractivity contribution in [3.63, 3.8) is 0 Å². The van der Waals surface area contributed by atoms with Crippen molar-refractivity contribution >= 4 is 12.0 Å². The van der Waals surface area contributed by atoms with Crippen molar-refractivity contribution in [2.75, 3.05) is 0 Å². The van der Waals surface area contributed by atoms with E-state index in [1.165, 1.54) is 0 Å². The lowest BCUT2D eigenvalue weighted by atomic mass is 10.2. The van der Waals surface area contributed by atoms with Crippen LogP contribution in [-0.4, -0.2) is 32.9 Å². The van der Waals surface area contributed by atoms with Crippen LogP contribution < -0.4 is 10.6 Å². The predicted molar refractivity (Wildman–Crippen MR) is 79.0 cm³/mol. The summed E-state index contributed by atoms with van der Waals surface area (Å²) in [7, 11) is 0. The minimum Gasteiger partial charge on any atom is -0.480 e. The molecule has 0 fully saturated rings. The first-order valence-electron chi connectivity index (χ1n) is 7.34. The molecule has 1 atom stereocenters. The van der Waals surface area contributed by atoms with Crippen molar-refractivity contribution in [1.29, 1.82) is 0 Å². The number of aliphatic carboxylic acids is 1. The maximum absolute atomic E-state index is 11.8. The van der Waals surface area contributed by atoms with E-state index in [9.17, 15) is 9.59 Å². The molecule has 2 amide bonds. The first-order chi connectivity index (χ1) is 10.0. The summed E-state index contributed by atoms with van der Waals surface area (Å²) in [5.41, 5.74) is 1.88. The predicted octanol–water partition coefficient (Wildman–Crippen LogP) is 1.52. The first-order valence-corrected chi connectivity index (χ1v) is 7.34. The Kier molecular flexibility index (Phi) is 6.71. The van der Waals surface area contributed by atoms with Gasteiger partial charge in [-0.2, -0.15) is 5.10 Å². The molecule has 118 valence electrons. The van der Waals surface area contributed by atoms with Gasteiger partial charge in [-0.15, -0.1) is 0 Å². The molecule has 21 heavy (non-hydrogen) atoms. The molecule has 1 heterocycles. The number of nitrogens with zero attached hydrogens (tertiary/aromatic N) is 2. The number of urea groups is 1. The summed E-state index contributed by atoms with van der Waals surface area (Å²) in [4.78, 5) is 22.8. The molecule has 0 radical (unpaired) electrons. The molecule has 0 bridgehead atoms. The Labute approximate surface area is 124 Å². The summed E-state index contributed by atoms with van der Waals surface area (Å²) in [5, 5.41) is 18.5. The Bertz CT molecular complexity index is 485. The summed E-state index contributed by atoms with van der Waals surface area (Å²) in [5.74, 6) is -1.01. The SMILES string of the molecule is CCCC(NC(=O)NCc1cc(CC)nn1CC)C(=O)O. The molecule has 0 aromatic carbocycles. The van der Waals surface area contributed by atoms with Gasteiger partial charge < -0.3 is 15.7 Å². The average Bonchev–Trinajstić information content (AvgIpc) is 2.87. The molecule has 1 aromatic rings. The highest BCUT2D eigenvalue weighted by Gasteiger charge is 2.18. The largest absolute Gasteiger partial charge is 0.480 e. The fourth-order valence-electron chi connectivity index (χ4n) is 2.03. The third-order valence-electron chi connectivity index (χ3n) is 3.19. The number of aryl methyl sites for hydroxylation is 2. The van der Waals surface area contributed by atoms with Gasteiger partial charge in [0.25, 0.3) is 0 Å². The van der Waals surface area contributed by atoms with E-state index in [-0.39, 0.29) is 0 Å². The van der Waals surface area contributed by atoms with E-state index in [2.05, 4.69) is 15.7 Å². The van der Waals surface area contributed by atoms with Crippen LogP contribution in [0.2, 0.25) is 0 Å². The van der Waals surface area contributed by atoms with Crippen molar-refractivity contribution in [2.24, 2.45) is 0 Å². The Morgan fingerprint density at radius 2 is 2.10 bits per heavy atom. The van der Waals surface area contributed by atoms with Crippen molar-refractivity contribution in [2.45, 2.75) is 59.2 Å². The molecule has 0 aliphatic heterocycles. The molecule has 0 saturated heterocycles. The molecular weight excluding hydrogens is 272 g/mol. The number of carbonyl (C=O) groups is 2. The molecule has 1 rings (SSSR count). The van der Waals surface area contributed by atoms with E-state index < -0.39 is 18.0 Å². The second-order valence-corrected chi connectivity index (χ2v) is 4.80. The monoisotopic (exact) mass is 296 g/mol. The standard InChI is InChI=1S/C14H24N4O3/c1-4-7-12(13(19)20)16-14(21)15-9-11-8-10(5-2)17-18(11)6-3/h8,12H,4-7,9H2,1-3H3,(H,19,20)(H2,15,16,21). The Balaban J connectivity index is 2.56. The van der Waals surface area contributed by atoms with Gasteiger partial charge in [-0.3, -0.25) is 4.68 Å². The maximum Gasteiger partial charge on any atom is 0.326 e. The maximum atomic E-state index is 11.8. The van der Waals surface area contributed by atoms with Crippen LogP contribution >= 0.6 is 0 Å². The zero-order valence-corrected chi connectivity index (χ0v) is 12.8. The van der Waals surface area contributed by atoms with E-state index >= 15 is 0 Å². The van der Waals surface area contributed by atoms with Crippen LogP contribution in [0.15, 0.2) is 6.07 Å². The highest BCUT2D eigenvalue weighted by molar-refractivity contribution is 5.82. The third kappa shape index (κ3) is 5.09. The topological polar surface area (TPSA) is 96.3 Å². The normalized spacial score (nSPS) is 12.0. The molecule has 7 nitrogen and oxygen atoms in total. The number of carboxylic acid groups (broad SMARTS) is 1. The van der Waals surface area contributed by atoms with Gasteiger partial charge in [-0.25, -0.2) is 9.59 Å². The summed E-state index contributed by atoms with van der Waals surface area (Å²) in [6, 6.07) is 0.625. The zero-order chi connectivity index (χ0) is 15.8. The van der Waals surface area contributed by atoms with Gasteiger partial charge in [0.05, 0.1) is 17.9 Å². The van der Waals surface area contributed by atoms with Crippen molar-refractivity contribution in [3.8, 4) is 0 Å². The first kappa shape index (κ1) is 17.0. The van der Waals surface area contributed by atoms with Crippen LogP contribution in [-0.2, 0) is 24.3 Å². The summed E-state index contributed by atoms with van der Waals surface area (Å²) in [6.07, 6.45) is 1.94. The van der Waals surface area contributed by atoms with Crippen molar-refractivity contribution in [3.05, 3.63) is 17.5 Å². The molecule has 0 aliphatic rings. The summed E-state index contributed by atoms with van der Waals surface area (Å²) in [6.45, 7) is 6.94. The van der Waals surface area contributed by atoms with E-state index in [0.29, 0.717) is 19.4 Å². The van der Waals surface area contributed by atoms with E-state index in [0.717, 1.165) is 24.4 Å². The van der Waals surface area contributed by atoms with Gasteiger partial charge in [-0.1, -0.05) is 20.3 Å². The number of amides is 2. The fourth-order valence-corrected chi connectivity index (χ4v) is 2.03. The third-order valence-corrected chi connectivity index (χ3v) is 3.19. The van der Waals surface area contributed by atoms with E-state index in [4.69, 9.17) is 5.11 Å². The minimum absolute atomic E-state index is 0.325. The van der Waals surface area contributed by atoms with Gasteiger partial charge in [0, 0.05) is 6.54 Å². The summed E-state index contributed by atoms with van der Waals surface area (Å²) >= 11 is 0. The Hall–Kier alpha value is -2.05. The van der Waals surface area contributed by atoms with Gasteiger partial charge >= 0.3 is 12.0 Å². The minimum atomic E-state index is -1.01. The molecule has 0 aliphatic carbocycles. The lowest BCUT2D eigenvalue weighted by Gasteiger charge is -2.14. The van der Waals surface area contributed by atoms with Crippen LogP contribution in [0.4, 0.5) is 4.79 Å². The highest BCUT2D eigenvalue weighted by Crippen LogP contribution is 2.05. The van der Waals surface area contributed by atoms with Gasteiger partial charge in [0.15, 0.2) is 0 Å². The number of aromatic nitrogens is 2. The van der Waals surface area contributed by atoms with Crippen LogP contribution in [0.5, 0.6) is 0 Å². The number of rotatable bonds is 8. The lowest BCUT2D eigenvalue weighted by molar-refractivity contribution is -0.139. The fraction of sp³-hybridized carbons (Fsp3) is 0.643. The quantitative estimate of drug-likeness (QED) is 0.677. The molecular formula is C14H24N4O3. The molecule has 1 aromatic heterocycles. The molecule has 7 heteroatoms. The number of carboxylic acids is 1. The summed E-state index contributed by atoms with van der Waals surface area (Å²) < 4.78 is 1.83. The molecule has 1 unspecified atom stereocenters. The van der Waals surface area contributed by atoms with E-state index in [1.807, 2.05) is 31.5 Å². The van der Waals surface area contributed by atoms with Crippen LogP contribution in [0.3, 0.4) is 0 Å². The lowest BCUT2D eigenvalue weighted by Crippen LogP contribution is -2.45. The number of carbonyl (C=O) groups excluding carboxylic acids is 1. The number of nitrogens with one attached hydrogen (secondary N) is 2. The van der Waals surface area contributed by atoms with Gasteiger partial charge in [-0.05, 0) is 25.8 Å². The van der Waals surface area contributed by atoms with Crippen LogP contribution in [0.1, 0.15) is 45.0 Å². The second kappa shape index (κ2) is 8.28.